The number of carbonyl (C=O) groups excluding carboxylic acids is 1. The number of hydrogen-bond donors (Lipinski definition) is 3. The van der Waals surface area contributed by atoms with Gasteiger partial charge in [-0.1, -0.05) is 30.3 Å². The van der Waals surface area contributed by atoms with Crippen LogP contribution in [0, 0.1) is 0 Å². The van der Waals surface area contributed by atoms with Crippen molar-refractivity contribution >= 4 is 16.8 Å². The topological polar surface area (TPSA) is 74.4 Å². The van der Waals surface area contributed by atoms with Crippen molar-refractivity contribution in [3.05, 3.63) is 65.9 Å². The Kier molecular flexibility index (Phi) is 4.76. The molecule has 2 aromatic carbocycles. The summed E-state index contributed by atoms with van der Waals surface area (Å²) in [6.45, 7) is 1.85. The number of methoxy groups -OCH3 is 1. The molecule has 1 heterocycles. The highest BCUT2D eigenvalue weighted by atomic mass is 16.5. The average Bonchev–Trinajstić information content (AvgIpc) is 3.03. The first kappa shape index (κ1) is 17.0. The number of aromatic nitrogens is 1. The van der Waals surface area contributed by atoms with Crippen LogP contribution in [0.25, 0.3) is 10.9 Å². The van der Waals surface area contributed by atoms with Gasteiger partial charge in [0, 0.05) is 17.1 Å². The van der Waals surface area contributed by atoms with Gasteiger partial charge in [-0.2, -0.15) is 0 Å². The normalized spacial score (nSPS) is 13.4. The number of hydrogen-bond acceptors (Lipinski definition) is 3. The zero-order valence-electron chi connectivity index (χ0n) is 14.4. The van der Waals surface area contributed by atoms with Crippen molar-refractivity contribution in [2.24, 2.45) is 0 Å². The van der Waals surface area contributed by atoms with Crippen LogP contribution >= 0.6 is 0 Å². The van der Waals surface area contributed by atoms with E-state index in [0.717, 1.165) is 27.8 Å². The van der Waals surface area contributed by atoms with E-state index in [9.17, 15) is 9.90 Å². The van der Waals surface area contributed by atoms with E-state index in [2.05, 4.69) is 10.3 Å². The molecule has 0 fully saturated rings. The molecule has 3 rings (SSSR count). The van der Waals surface area contributed by atoms with Gasteiger partial charge in [0.25, 0.3) is 0 Å². The number of ether oxygens (including phenoxy) is 1. The number of benzene rings is 2. The number of H-pyrrole nitrogens is 1. The second-order valence-corrected chi connectivity index (χ2v) is 6.32. The van der Waals surface area contributed by atoms with Crippen molar-refractivity contribution in [2.75, 3.05) is 13.7 Å². The van der Waals surface area contributed by atoms with Gasteiger partial charge in [-0.25, -0.2) is 0 Å². The summed E-state index contributed by atoms with van der Waals surface area (Å²) < 4.78 is 5.25. The molecule has 1 unspecified atom stereocenters. The van der Waals surface area contributed by atoms with E-state index >= 15 is 0 Å². The lowest BCUT2D eigenvalue weighted by Crippen LogP contribution is -2.39. The number of rotatable bonds is 6. The Bertz CT molecular complexity index is 869. The maximum absolute atomic E-state index is 12.3. The molecule has 3 N–H and O–H groups in total. The lowest BCUT2D eigenvalue weighted by atomic mass is 9.96. The number of aliphatic hydroxyl groups is 1. The summed E-state index contributed by atoms with van der Waals surface area (Å²) in [5, 5.41) is 14.3. The van der Waals surface area contributed by atoms with E-state index in [4.69, 9.17) is 4.74 Å². The maximum atomic E-state index is 12.3. The van der Waals surface area contributed by atoms with Gasteiger partial charge in [0.2, 0.25) is 5.91 Å². The first-order valence-corrected chi connectivity index (χ1v) is 8.18. The summed E-state index contributed by atoms with van der Waals surface area (Å²) in [5.74, 6) is 0.612. The predicted molar refractivity (Wildman–Crippen MR) is 97.6 cm³/mol. The van der Waals surface area contributed by atoms with Crippen LogP contribution in [0.2, 0.25) is 0 Å². The molecule has 5 heteroatoms. The lowest BCUT2D eigenvalue weighted by Gasteiger charge is -2.24. The molecule has 3 aromatic rings. The highest BCUT2D eigenvalue weighted by Gasteiger charge is 2.23. The number of aromatic amines is 1. The van der Waals surface area contributed by atoms with Crippen molar-refractivity contribution in [3.63, 3.8) is 0 Å². The minimum atomic E-state index is -1.11. The van der Waals surface area contributed by atoms with Crippen LogP contribution in [-0.4, -0.2) is 29.7 Å². The van der Waals surface area contributed by atoms with Crippen LogP contribution < -0.4 is 10.1 Å². The van der Waals surface area contributed by atoms with Gasteiger partial charge < -0.3 is 20.1 Å². The van der Waals surface area contributed by atoms with Crippen LogP contribution in [0.15, 0.2) is 54.7 Å². The van der Waals surface area contributed by atoms with Crippen molar-refractivity contribution in [1.29, 1.82) is 0 Å². The Morgan fingerprint density at radius 3 is 2.72 bits per heavy atom. The number of fused-ring (bicyclic) bond motifs is 1. The molecule has 0 radical (unpaired) electrons. The molecule has 0 aliphatic heterocycles. The van der Waals surface area contributed by atoms with Gasteiger partial charge in [-0.15, -0.1) is 0 Å². The van der Waals surface area contributed by atoms with E-state index in [1.54, 1.807) is 14.0 Å². The minimum absolute atomic E-state index is 0.139. The molecule has 1 aromatic heterocycles. The highest BCUT2D eigenvalue weighted by molar-refractivity contribution is 5.89. The van der Waals surface area contributed by atoms with Crippen LogP contribution in [0.4, 0.5) is 0 Å². The second-order valence-electron chi connectivity index (χ2n) is 6.32. The molecule has 0 spiro atoms. The summed E-state index contributed by atoms with van der Waals surface area (Å²) in [5.41, 5.74) is 1.51. The summed E-state index contributed by atoms with van der Waals surface area (Å²) in [7, 11) is 1.62. The molecular weight excluding hydrogens is 316 g/mol. The summed E-state index contributed by atoms with van der Waals surface area (Å²) >= 11 is 0. The van der Waals surface area contributed by atoms with E-state index in [1.807, 2.05) is 54.7 Å². The first-order valence-electron chi connectivity index (χ1n) is 8.18. The molecule has 1 atom stereocenters. The summed E-state index contributed by atoms with van der Waals surface area (Å²) in [6.07, 6.45) is 2.07. The van der Waals surface area contributed by atoms with E-state index in [0.29, 0.717) is 0 Å². The largest absolute Gasteiger partial charge is 0.497 e. The van der Waals surface area contributed by atoms with Gasteiger partial charge in [-0.3, -0.25) is 4.79 Å². The lowest BCUT2D eigenvalue weighted by molar-refractivity contribution is -0.121. The van der Waals surface area contributed by atoms with Gasteiger partial charge in [0.05, 0.1) is 20.1 Å². The fourth-order valence-electron chi connectivity index (χ4n) is 2.84. The van der Waals surface area contributed by atoms with Crippen LogP contribution in [0.1, 0.15) is 18.1 Å². The van der Waals surface area contributed by atoms with Gasteiger partial charge in [0.15, 0.2) is 0 Å². The Morgan fingerprint density at radius 2 is 2.00 bits per heavy atom. The third kappa shape index (κ3) is 3.83. The average molecular weight is 338 g/mol. The summed E-state index contributed by atoms with van der Waals surface area (Å²) in [6, 6.07) is 15.0. The van der Waals surface area contributed by atoms with Gasteiger partial charge >= 0.3 is 0 Å². The monoisotopic (exact) mass is 338 g/mol. The molecule has 25 heavy (non-hydrogen) atoms. The minimum Gasteiger partial charge on any atom is -0.497 e. The Balaban J connectivity index is 1.67. The molecule has 0 aliphatic rings. The number of amides is 1. The first-order chi connectivity index (χ1) is 12.0. The van der Waals surface area contributed by atoms with Gasteiger partial charge in [-0.05, 0) is 36.2 Å². The number of nitrogens with one attached hydrogen (secondary N) is 2. The van der Waals surface area contributed by atoms with Gasteiger partial charge in [0.1, 0.15) is 11.4 Å². The zero-order valence-corrected chi connectivity index (χ0v) is 14.4. The Labute approximate surface area is 146 Å². The van der Waals surface area contributed by atoms with E-state index in [1.165, 1.54) is 0 Å². The molecule has 0 saturated carbocycles. The molecule has 1 amide bonds. The molecule has 0 saturated heterocycles. The third-order valence-corrected chi connectivity index (χ3v) is 4.35. The third-order valence-electron chi connectivity index (χ3n) is 4.35. The zero-order chi connectivity index (χ0) is 17.9. The maximum Gasteiger partial charge on any atom is 0.224 e. The molecule has 0 bridgehead atoms. The SMILES string of the molecule is COc1ccc2[nH]cc(CC(=O)NCC(C)(O)c3ccccc3)c2c1. The fourth-order valence-corrected chi connectivity index (χ4v) is 2.84. The highest BCUT2D eigenvalue weighted by Crippen LogP contribution is 2.24. The smallest absolute Gasteiger partial charge is 0.224 e. The second kappa shape index (κ2) is 6.99. The molecule has 5 nitrogen and oxygen atoms in total. The van der Waals surface area contributed by atoms with Crippen molar-refractivity contribution < 1.29 is 14.6 Å². The van der Waals surface area contributed by atoms with Crippen LogP contribution in [-0.2, 0) is 16.8 Å². The standard InChI is InChI=1S/C20H22N2O3/c1-20(24,15-6-4-3-5-7-15)13-22-19(23)10-14-12-21-18-9-8-16(25-2)11-17(14)18/h3-9,11-12,21,24H,10,13H2,1-2H3,(H,22,23). The summed E-state index contributed by atoms with van der Waals surface area (Å²) in [4.78, 5) is 15.5. The molecule has 130 valence electrons. The van der Waals surface area contributed by atoms with Crippen molar-refractivity contribution in [2.45, 2.75) is 18.9 Å². The fraction of sp³-hybridized carbons (Fsp3) is 0.250. The molecular formula is C20H22N2O3. The van der Waals surface area contributed by atoms with E-state index in [-0.39, 0.29) is 18.9 Å². The van der Waals surface area contributed by atoms with Crippen molar-refractivity contribution in [3.8, 4) is 5.75 Å². The quantitative estimate of drug-likeness (QED) is 0.647. The van der Waals surface area contributed by atoms with Crippen LogP contribution in [0.5, 0.6) is 5.75 Å². The number of carbonyl (C=O) groups is 1. The Morgan fingerprint density at radius 1 is 1.24 bits per heavy atom. The molecule has 0 aliphatic carbocycles. The Hall–Kier alpha value is -2.79. The van der Waals surface area contributed by atoms with Crippen LogP contribution in [0.3, 0.4) is 0 Å². The van der Waals surface area contributed by atoms with Crippen molar-refractivity contribution in [1.82, 2.24) is 10.3 Å². The predicted octanol–water partition coefficient (Wildman–Crippen LogP) is 2.74. The van der Waals surface area contributed by atoms with E-state index < -0.39 is 5.60 Å².